The Labute approximate surface area is 144 Å². The van der Waals surface area contributed by atoms with Crippen LogP contribution in [0.25, 0.3) is 11.0 Å². The van der Waals surface area contributed by atoms with E-state index in [1.54, 1.807) is 24.3 Å². The van der Waals surface area contributed by atoms with E-state index in [-0.39, 0.29) is 11.2 Å². The van der Waals surface area contributed by atoms with E-state index in [9.17, 15) is 4.79 Å². The highest BCUT2D eigenvalue weighted by Crippen LogP contribution is 2.26. The van der Waals surface area contributed by atoms with E-state index in [0.29, 0.717) is 11.3 Å². The van der Waals surface area contributed by atoms with Gasteiger partial charge in [0, 0.05) is 12.7 Å². The Hall–Kier alpha value is -2.78. The van der Waals surface area contributed by atoms with E-state index >= 15 is 0 Å². The molecular formula is C18H16N4OS. The largest absolute Gasteiger partial charge is 0.325 e. The van der Waals surface area contributed by atoms with Crippen molar-refractivity contribution in [3.63, 3.8) is 0 Å². The Kier molecular flexibility index (Phi) is 4.54. The van der Waals surface area contributed by atoms with Gasteiger partial charge in [-0.05, 0) is 37.3 Å². The van der Waals surface area contributed by atoms with Crippen LogP contribution in [0.2, 0.25) is 0 Å². The van der Waals surface area contributed by atoms with Crippen LogP contribution < -0.4 is 5.32 Å². The third-order valence-corrected chi connectivity index (χ3v) is 4.80. The summed E-state index contributed by atoms with van der Waals surface area (Å²) < 4.78 is 1.99. The van der Waals surface area contributed by atoms with Gasteiger partial charge in [-0.25, -0.2) is 4.98 Å². The van der Waals surface area contributed by atoms with Crippen molar-refractivity contribution in [2.75, 3.05) is 5.32 Å². The highest BCUT2D eigenvalue weighted by molar-refractivity contribution is 8.00. The molecule has 0 aliphatic carbocycles. The minimum Gasteiger partial charge on any atom is -0.325 e. The second-order valence-corrected chi connectivity index (χ2v) is 6.69. The van der Waals surface area contributed by atoms with Gasteiger partial charge >= 0.3 is 0 Å². The van der Waals surface area contributed by atoms with E-state index in [2.05, 4.69) is 16.4 Å². The Morgan fingerprint density at radius 3 is 2.83 bits per heavy atom. The van der Waals surface area contributed by atoms with Gasteiger partial charge in [0.1, 0.15) is 0 Å². The maximum atomic E-state index is 12.4. The summed E-state index contributed by atoms with van der Waals surface area (Å²) in [7, 11) is 1.94. The number of carbonyl (C=O) groups excluding carboxylic acids is 1. The number of rotatable bonds is 4. The van der Waals surface area contributed by atoms with Gasteiger partial charge in [0.25, 0.3) is 0 Å². The molecule has 1 amide bonds. The topological polar surface area (TPSA) is 70.7 Å². The highest BCUT2D eigenvalue weighted by atomic mass is 32.2. The maximum Gasteiger partial charge on any atom is 0.237 e. The van der Waals surface area contributed by atoms with Crippen LogP contribution in [-0.4, -0.2) is 20.7 Å². The van der Waals surface area contributed by atoms with E-state index in [1.165, 1.54) is 11.8 Å². The normalized spacial score (nSPS) is 11.9. The summed E-state index contributed by atoms with van der Waals surface area (Å²) in [6.45, 7) is 1.84. The molecule has 1 heterocycles. The van der Waals surface area contributed by atoms with Crippen molar-refractivity contribution in [2.45, 2.75) is 17.3 Å². The first-order valence-corrected chi connectivity index (χ1v) is 8.35. The minimum atomic E-state index is -0.314. The van der Waals surface area contributed by atoms with E-state index in [4.69, 9.17) is 5.26 Å². The lowest BCUT2D eigenvalue weighted by Crippen LogP contribution is -2.22. The van der Waals surface area contributed by atoms with Crippen LogP contribution in [0.1, 0.15) is 12.5 Å². The van der Waals surface area contributed by atoms with Crippen molar-refractivity contribution in [3.05, 3.63) is 54.1 Å². The van der Waals surface area contributed by atoms with Crippen molar-refractivity contribution in [1.29, 1.82) is 5.26 Å². The average Bonchev–Trinajstić information content (AvgIpc) is 2.91. The number of hydrogen-bond acceptors (Lipinski definition) is 4. The first kappa shape index (κ1) is 16.1. The molecule has 3 aromatic rings. The van der Waals surface area contributed by atoms with Crippen LogP contribution >= 0.6 is 11.8 Å². The predicted octanol–water partition coefficient (Wildman–Crippen LogP) is 3.56. The summed E-state index contributed by atoms with van der Waals surface area (Å²) in [6, 6.07) is 16.8. The standard InChI is InChI=1S/C18H16N4OS/c1-12(17(23)20-14-7-5-6-13(10-14)11-19)24-18-21-15-8-3-4-9-16(15)22(18)2/h3-10,12H,1-2H3,(H,20,23)/t12-/m1/s1. The Morgan fingerprint density at radius 2 is 2.08 bits per heavy atom. The molecule has 6 heteroatoms. The molecule has 1 atom stereocenters. The lowest BCUT2D eigenvalue weighted by molar-refractivity contribution is -0.115. The molecule has 0 unspecified atom stereocenters. The molecule has 3 rings (SSSR count). The number of aryl methyl sites for hydroxylation is 1. The van der Waals surface area contributed by atoms with Crippen LogP contribution in [0.4, 0.5) is 5.69 Å². The molecule has 24 heavy (non-hydrogen) atoms. The van der Waals surface area contributed by atoms with E-state index < -0.39 is 0 Å². The van der Waals surface area contributed by atoms with Crippen molar-refractivity contribution >= 4 is 34.4 Å². The van der Waals surface area contributed by atoms with Crippen molar-refractivity contribution < 1.29 is 4.79 Å². The van der Waals surface area contributed by atoms with Crippen LogP contribution in [0.3, 0.4) is 0 Å². The monoisotopic (exact) mass is 336 g/mol. The second kappa shape index (κ2) is 6.77. The third-order valence-electron chi connectivity index (χ3n) is 3.66. The van der Waals surface area contributed by atoms with Gasteiger partial charge < -0.3 is 9.88 Å². The lowest BCUT2D eigenvalue weighted by Gasteiger charge is -2.12. The van der Waals surface area contributed by atoms with E-state index in [0.717, 1.165) is 16.2 Å². The van der Waals surface area contributed by atoms with Crippen molar-refractivity contribution in [1.82, 2.24) is 9.55 Å². The number of thioether (sulfide) groups is 1. The number of nitrogens with zero attached hydrogens (tertiary/aromatic N) is 3. The molecular weight excluding hydrogens is 320 g/mol. The summed E-state index contributed by atoms with van der Waals surface area (Å²) in [5.41, 5.74) is 3.09. The van der Waals surface area contributed by atoms with Crippen molar-refractivity contribution in [2.24, 2.45) is 7.05 Å². The van der Waals surface area contributed by atoms with Gasteiger partial charge in [0.2, 0.25) is 5.91 Å². The first-order valence-electron chi connectivity index (χ1n) is 7.47. The zero-order chi connectivity index (χ0) is 17.1. The first-order chi connectivity index (χ1) is 11.6. The number of hydrogen-bond donors (Lipinski definition) is 1. The zero-order valence-corrected chi connectivity index (χ0v) is 14.2. The molecule has 0 bridgehead atoms. The molecule has 0 fully saturated rings. The number of fused-ring (bicyclic) bond motifs is 1. The van der Waals surface area contributed by atoms with Crippen LogP contribution in [-0.2, 0) is 11.8 Å². The number of para-hydroxylation sites is 2. The SMILES string of the molecule is C[C@@H](Sc1nc2ccccc2n1C)C(=O)Nc1cccc(C#N)c1. The van der Waals surface area contributed by atoms with Crippen LogP contribution in [0.5, 0.6) is 0 Å². The number of nitriles is 1. The average molecular weight is 336 g/mol. The molecule has 1 aromatic heterocycles. The lowest BCUT2D eigenvalue weighted by atomic mass is 10.2. The smallest absolute Gasteiger partial charge is 0.237 e. The quantitative estimate of drug-likeness (QED) is 0.740. The summed E-state index contributed by atoms with van der Waals surface area (Å²) >= 11 is 1.41. The van der Waals surface area contributed by atoms with Crippen LogP contribution in [0, 0.1) is 11.3 Å². The molecule has 0 saturated heterocycles. The number of imidazole rings is 1. The summed E-state index contributed by atoms with van der Waals surface area (Å²) in [4.78, 5) is 17.0. The molecule has 1 N–H and O–H groups in total. The Bertz CT molecular complexity index is 942. The predicted molar refractivity (Wildman–Crippen MR) is 95.8 cm³/mol. The molecule has 0 aliphatic rings. The number of anilines is 1. The third kappa shape index (κ3) is 3.26. The number of aromatic nitrogens is 2. The molecule has 0 saturated carbocycles. The summed E-state index contributed by atoms with van der Waals surface area (Å²) in [5, 5.41) is 12.2. The number of amides is 1. The molecule has 2 aromatic carbocycles. The fraction of sp³-hybridized carbons (Fsp3) is 0.167. The molecule has 0 spiro atoms. The summed E-state index contributed by atoms with van der Waals surface area (Å²) in [5.74, 6) is -0.123. The van der Waals surface area contributed by atoms with Gasteiger partial charge in [0.15, 0.2) is 5.16 Å². The number of benzene rings is 2. The molecule has 120 valence electrons. The van der Waals surface area contributed by atoms with Gasteiger partial charge in [-0.15, -0.1) is 0 Å². The second-order valence-electron chi connectivity index (χ2n) is 5.38. The fourth-order valence-corrected chi connectivity index (χ4v) is 3.24. The minimum absolute atomic E-state index is 0.123. The molecule has 0 aliphatic heterocycles. The van der Waals surface area contributed by atoms with Crippen molar-refractivity contribution in [3.8, 4) is 6.07 Å². The number of carbonyl (C=O) groups is 1. The molecule has 0 radical (unpaired) electrons. The Balaban J connectivity index is 1.73. The zero-order valence-electron chi connectivity index (χ0n) is 13.4. The van der Waals surface area contributed by atoms with Gasteiger partial charge in [0.05, 0.1) is 27.9 Å². The van der Waals surface area contributed by atoms with Gasteiger partial charge in [-0.1, -0.05) is 30.0 Å². The number of nitrogens with one attached hydrogen (secondary N) is 1. The van der Waals surface area contributed by atoms with Crippen LogP contribution in [0.15, 0.2) is 53.7 Å². The summed E-state index contributed by atoms with van der Waals surface area (Å²) in [6.07, 6.45) is 0. The van der Waals surface area contributed by atoms with E-state index in [1.807, 2.05) is 42.8 Å². The fourth-order valence-electron chi connectivity index (χ4n) is 2.35. The van der Waals surface area contributed by atoms with Gasteiger partial charge in [-0.3, -0.25) is 4.79 Å². The van der Waals surface area contributed by atoms with Gasteiger partial charge in [-0.2, -0.15) is 5.26 Å². The molecule has 5 nitrogen and oxygen atoms in total. The Morgan fingerprint density at radius 1 is 1.29 bits per heavy atom. The maximum absolute atomic E-state index is 12.4. The highest BCUT2D eigenvalue weighted by Gasteiger charge is 2.18.